The molecule has 1 saturated heterocycles. The van der Waals surface area contributed by atoms with Gasteiger partial charge in [-0.1, -0.05) is 0 Å². The average Bonchev–Trinajstić information content (AvgIpc) is 2.45. The fourth-order valence-electron chi connectivity index (χ4n) is 2.21. The Morgan fingerprint density at radius 1 is 1.29 bits per heavy atom. The second-order valence-electron chi connectivity index (χ2n) is 5.04. The fraction of sp³-hybridized carbons (Fsp3) is 0.500. The highest BCUT2D eigenvalue weighted by Crippen LogP contribution is 2.13. The van der Waals surface area contributed by atoms with Crippen LogP contribution >= 0.6 is 0 Å². The zero-order valence-corrected chi connectivity index (χ0v) is 11.7. The maximum absolute atomic E-state index is 13.1. The van der Waals surface area contributed by atoms with Crippen LogP contribution in [0.2, 0.25) is 0 Å². The van der Waals surface area contributed by atoms with Gasteiger partial charge in [-0.25, -0.2) is 13.2 Å². The maximum Gasteiger partial charge on any atom is 0.251 e. The summed E-state index contributed by atoms with van der Waals surface area (Å²) in [6, 6.07) is 1.18. The molecule has 116 valence electrons. The van der Waals surface area contributed by atoms with Crippen molar-refractivity contribution < 1.29 is 22.7 Å². The van der Waals surface area contributed by atoms with Crippen molar-refractivity contribution in [1.29, 1.82) is 0 Å². The van der Waals surface area contributed by atoms with Gasteiger partial charge in [-0.2, -0.15) is 0 Å². The largest absolute Gasteiger partial charge is 0.379 e. The summed E-state index contributed by atoms with van der Waals surface area (Å²) in [5.41, 5.74) is -0.236. The molecule has 1 aliphatic rings. The van der Waals surface area contributed by atoms with Gasteiger partial charge in [0.05, 0.1) is 13.2 Å². The summed E-state index contributed by atoms with van der Waals surface area (Å²) in [6.45, 7) is 5.26. The molecule has 1 heterocycles. The Morgan fingerprint density at radius 3 is 2.43 bits per heavy atom. The van der Waals surface area contributed by atoms with Gasteiger partial charge in [-0.15, -0.1) is 0 Å². The van der Waals surface area contributed by atoms with E-state index in [0.717, 1.165) is 13.1 Å². The van der Waals surface area contributed by atoms with Gasteiger partial charge in [0.15, 0.2) is 17.5 Å². The van der Waals surface area contributed by atoms with Crippen molar-refractivity contribution in [1.82, 2.24) is 10.2 Å². The van der Waals surface area contributed by atoms with Crippen LogP contribution in [0.25, 0.3) is 0 Å². The summed E-state index contributed by atoms with van der Waals surface area (Å²) >= 11 is 0. The first-order valence-corrected chi connectivity index (χ1v) is 6.73. The van der Waals surface area contributed by atoms with Crippen molar-refractivity contribution in [2.75, 3.05) is 32.8 Å². The van der Waals surface area contributed by atoms with Gasteiger partial charge in [0.1, 0.15) is 0 Å². The van der Waals surface area contributed by atoms with Crippen LogP contribution < -0.4 is 5.32 Å². The van der Waals surface area contributed by atoms with Crippen molar-refractivity contribution in [3.63, 3.8) is 0 Å². The number of hydrogen-bond acceptors (Lipinski definition) is 3. The van der Waals surface area contributed by atoms with E-state index in [9.17, 15) is 18.0 Å². The third-order valence-electron chi connectivity index (χ3n) is 3.26. The minimum atomic E-state index is -1.58. The fourth-order valence-corrected chi connectivity index (χ4v) is 2.21. The number of amides is 1. The molecule has 1 aromatic rings. The van der Waals surface area contributed by atoms with E-state index in [0.29, 0.717) is 31.9 Å². The molecule has 1 atom stereocenters. The first-order chi connectivity index (χ1) is 9.97. The molecule has 0 bridgehead atoms. The molecule has 1 aliphatic heterocycles. The summed E-state index contributed by atoms with van der Waals surface area (Å²) in [5.74, 6) is -4.96. The van der Waals surface area contributed by atoms with Gasteiger partial charge in [-0.05, 0) is 19.1 Å². The molecular weight excluding hydrogens is 285 g/mol. The summed E-state index contributed by atoms with van der Waals surface area (Å²) < 4.78 is 44.3. The Labute approximate surface area is 120 Å². The lowest BCUT2D eigenvalue weighted by atomic mass is 10.1. The molecule has 0 radical (unpaired) electrons. The number of morpholine rings is 1. The highest BCUT2D eigenvalue weighted by molar-refractivity contribution is 5.94. The van der Waals surface area contributed by atoms with E-state index < -0.39 is 23.4 Å². The Balaban J connectivity index is 1.94. The van der Waals surface area contributed by atoms with Crippen molar-refractivity contribution >= 4 is 5.91 Å². The van der Waals surface area contributed by atoms with Crippen LogP contribution in [-0.2, 0) is 4.74 Å². The number of nitrogens with zero attached hydrogens (tertiary/aromatic N) is 1. The predicted molar refractivity (Wildman–Crippen MR) is 70.5 cm³/mol. The monoisotopic (exact) mass is 302 g/mol. The average molecular weight is 302 g/mol. The van der Waals surface area contributed by atoms with Crippen LogP contribution in [-0.4, -0.2) is 49.7 Å². The van der Waals surface area contributed by atoms with Crippen molar-refractivity contribution in [2.24, 2.45) is 0 Å². The number of carbonyl (C=O) groups excluding carboxylic acids is 1. The number of carbonyl (C=O) groups is 1. The van der Waals surface area contributed by atoms with E-state index in [1.165, 1.54) is 0 Å². The standard InChI is InChI=1S/C14H17F3N2O2/c1-9(8-19-2-4-21-5-3-19)18-14(20)10-6-11(15)13(17)12(16)7-10/h6-7,9H,2-5,8H2,1H3,(H,18,20). The molecule has 4 nitrogen and oxygen atoms in total. The number of halogens is 3. The van der Waals surface area contributed by atoms with Crippen LogP contribution in [0.15, 0.2) is 12.1 Å². The van der Waals surface area contributed by atoms with Crippen molar-refractivity contribution in [3.8, 4) is 0 Å². The number of ether oxygens (including phenoxy) is 1. The summed E-state index contributed by atoms with van der Waals surface area (Å²) in [7, 11) is 0. The molecule has 2 rings (SSSR count). The first kappa shape index (κ1) is 15.8. The minimum Gasteiger partial charge on any atom is -0.379 e. The number of benzene rings is 1. The van der Waals surface area contributed by atoms with Crippen LogP contribution in [0.1, 0.15) is 17.3 Å². The summed E-state index contributed by atoms with van der Waals surface area (Å²) in [5, 5.41) is 2.64. The smallest absolute Gasteiger partial charge is 0.251 e. The van der Waals surface area contributed by atoms with E-state index in [-0.39, 0.29) is 11.6 Å². The van der Waals surface area contributed by atoms with Crippen LogP contribution in [0.5, 0.6) is 0 Å². The van der Waals surface area contributed by atoms with Crippen LogP contribution in [0, 0.1) is 17.5 Å². The second-order valence-corrected chi connectivity index (χ2v) is 5.04. The van der Waals surface area contributed by atoms with Crippen LogP contribution in [0.3, 0.4) is 0 Å². The molecular formula is C14H17F3N2O2. The third kappa shape index (κ3) is 4.18. The first-order valence-electron chi connectivity index (χ1n) is 6.73. The van der Waals surface area contributed by atoms with Gasteiger partial charge in [0.2, 0.25) is 0 Å². The maximum atomic E-state index is 13.1. The van der Waals surface area contributed by atoms with Gasteiger partial charge in [0, 0.05) is 31.2 Å². The predicted octanol–water partition coefficient (Wildman–Crippen LogP) is 1.55. The third-order valence-corrected chi connectivity index (χ3v) is 3.26. The van der Waals surface area contributed by atoms with E-state index >= 15 is 0 Å². The lowest BCUT2D eigenvalue weighted by Gasteiger charge is -2.29. The van der Waals surface area contributed by atoms with Gasteiger partial charge >= 0.3 is 0 Å². The van der Waals surface area contributed by atoms with E-state index in [4.69, 9.17) is 4.74 Å². The molecule has 0 saturated carbocycles. The highest BCUT2D eigenvalue weighted by atomic mass is 19.2. The molecule has 0 aliphatic carbocycles. The molecule has 0 spiro atoms. The Morgan fingerprint density at radius 2 is 1.86 bits per heavy atom. The van der Waals surface area contributed by atoms with Crippen molar-refractivity contribution in [2.45, 2.75) is 13.0 Å². The lowest BCUT2D eigenvalue weighted by molar-refractivity contribution is 0.0342. The van der Waals surface area contributed by atoms with E-state index in [1.807, 2.05) is 0 Å². The quantitative estimate of drug-likeness (QED) is 0.858. The Bertz CT molecular complexity index is 496. The van der Waals surface area contributed by atoms with Gasteiger partial charge in [-0.3, -0.25) is 9.69 Å². The molecule has 21 heavy (non-hydrogen) atoms. The Hall–Kier alpha value is -1.60. The molecule has 1 amide bonds. The normalized spacial score (nSPS) is 17.5. The summed E-state index contributed by atoms with van der Waals surface area (Å²) in [6.07, 6.45) is 0. The second kappa shape index (κ2) is 6.91. The molecule has 0 aromatic heterocycles. The van der Waals surface area contributed by atoms with Gasteiger partial charge in [0.25, 0.3) is 5.91 Å². The highest BCUT2D eigenvalue weighted by Gasteiger charge is 2.18. The molecule has 7 heteroatoms. The van der Waals surface area contributed by atoms with Crippen LogP contribution in [0.4, 0.5) is 13.2 Å². The molecule has 1 N–H and O–H groups in total. The topological polar surface area (TPSA) is 41.6 Å². The Kier molecular flexibility index (Phi) is 5.19. The zero-order chi connectivity index (χ0) is 15.4. The molecule has 1 unspecified atom stereocenters. The van der Waals surface area contributed by atoms with E-state index in [2.05, 4.69) is 10.2 Å². The molecule has 1 fully saturated rings. The van der Waals surface area contributed by atoms with Gasteiger partial charge < -0.3 is 10.1 Å². The number of nitrogens with one attached hydrogen (secondary N) is 1. The SMILES string of the molecule is CC(CN1CCOCC1)NC(=O)c1cc(F)c(F)c(F)c1. The van der Waals surface area contributed by atoms with Crippen molar-refractivity contribution in [3.05, 3.63) is 35.1 Å². The zero-order valence-electron chi connectivity index (χ0n) is 11.7. The minimum absolute atomic E-state index is 0.202. The molecule has 1 aromatic carbocycles. The lowest BCUT2D eigenvalue weighted by Crippen LogP contribution is -2.46. The number of hydrogen-bond donors (Lipinski definition) is 1. The van der Waals surface area contributed by atoms with E-state index in [1.54, 1.807) is 6.92 Å². The number of rotatable bonds is 4. The summed E-state index contributed by atoms with van der Waals surface area (Å²) in [4.78, 5) is 14.0.